The van der Waals surface area contributed by atoms with Gasteiger partial charge >= 0.3 is 11.9 Å². The predicted molar refractivity (Wildman–Crippen MR) is 101 cm³/mol. The van der Waals surface area contributed by atoms with Gasteiger partial charge in [-0.25, -0.2) is 9.59 Å². The Balaban J connectivity index is 2.60. The lowest BCUT2D eigenvalue weighted by Crippen LogP contribution is -2.36. The number of carbonyl (C=O) groups excluding carboxylic acids is 4. The number of ether oxygens (including phenoxy) is 2. The summed E-state index contributed by atoms with van der Waals surface area (Å²) in [6.45, 7) is 7.78. The highest BCUT2D eigenvalue weighted by atomic mass is 32.1. The van der Waals surface area contributed by atoms with E-state index in [2.05, 4.69) is 10.6 Å². The lowest BCUT2D eigenvalue weighted by atomic mass is 10.3. The molecule has 0 saturated heterocycles. The summed E-state index contributed by atoms with van der Waals surface area (Å²) in [5.41, 5.74) is 0. The summed E-state index contributed by atoms with van der Waals surface area (Å²) in [6, 6.07) is 2.84. The smallest absolute Gasteiger partial charge is 0.349 e. The van der Waals surface area contributed by atoms with Crippen LogP contribution < -0.4 is 10.6 Å². The molecule has 0 aliphatic carbocycles. The summed E-state index contributed by atoms with van der Waals surface area (Å²) in [5.74, 6) is -2.17. The Morgan fingerprint density at radius 3 is 1.56 bits per heavy atom. The summed E-state index contributed by atoms with van der Waals surface area (Å²) < 4.78 is 10.2. The summed E-state index contributed by atoms with van der Waals surface area (Å²) in [4.78, 5) is 48.0. The van der Waals surface area contributed by atoms with E-state index in [4.69, 9.17) is 9.47 Å². The van der Waals surface area contributed by atoms with Gasteiger partial charge in [-0.15, -0.1) is 11.3 Å². The van der Waals surface area contributed by atoms with E-state index >= 15 is 0 Å². The molecule has 1 aromatic heterocycles. The summed E-state index contributed by atoms with van der Waals surface area (Å²) >= 11 is 0.880. The molecule has 2 atom stereocenters. The lowest BCUT2D eigenvalue weighted by molar-refractivity contribution is -0.129. The molecule has 0 spiro atoms. The molecule has 1 heterocycles. The minimum absolute atomic E-state index is 0.167. The normalized spacial score (nSPS) is 12.6. The maximum atomic E-state index is 12.1. The van der Waals surface area contributed by atoms with Crippen molar-refractivity contribution < 1.29 is 28.7 Å². The van der Waals surface area contributed by atoms with Crippen molar-refractivity contribution in [2.45, 2.75) is 52.7 Å². The van der Waals surface area contributed by atoms with Crippen LogP contribution in [0.2, 0.25) is 0 Å². The van der Waals surface area contributed by atoms with Crippen molar-refractivity contribution >= 4 is 35.1 Å². The van der Waals surface area contributed by atoms with Gasteiger partial charge in [0.1, 0.15) is 9.75 Å². The average Bonchev–Trinajstić information content (AvgIpc) is 3.14. The zero-order valence-electron chi connectivity index (χ0n) is 16.0. The summed E-state index contributed by atoms with van der Waals surface area (Å²) in [7, 11) is 0. The maximum absolute atomic E-state index is 12.1. The number of hydrogen-bond acceptors (Lipinski definition) is 7. The van der Waals surface area contributed by atoms with Gasteiger partial charge in [-0.2, -0.15) is 0 Å². The van der Waals surface area contributed by atoms with Crippen molar-refractivity contribution in [1.29, 1.82) is 0 Å². The molecular formula is C18H26N2O6S. The third-order valence-electron chi connectivity index (χ3n) is 3.41. The molecule has 0 bridgehead atoms. The molecule has 9 heteroatoms. The third kappa shape index (κ3) is 7.38. The first-order chi connectivity index (χ1) is 12.8. The second-order valence-electron chi connectivity index (χ2n) is 5.84. The highest BCUT2D eigenvalue weighted by molar-refractivity contribution is 7.15. The van der Waals surface area contributed by atoms with Gasteiger partial charge in [0, 0.05) is 13.1 Å². The largest absolute Gasteiger partial charge is 0.448 e. The Kier molecular flexibility index (Phi) is 9.49. The van der Waals surface area contributed by atoms with Gasteiger partial charge in [0.25, 0.3) is 11.8 Å². The van der Waals surface area contributed by atoms with Crippen LogP contribution in [0.15, 0.2) is 12.1 Å². The number of carbonyl (C=O) groups is 4. The van der Waals surface area contributed by atoms with Crippen LogP contribution in [0.25, 0.3) is 0 Å². The van der Waals surface area contributed by atoms with E-state index in [1.54, 1.807) is 0 Å². The fraction of sp³-hybridized carbons (Fsp3) is 0.556. The van der Waals surface area contributed by atoms with Crippen molar-refractivity contribution in [1.82, 2.24) is 10.6 Å². The van der Waals surface area contributed by atoms with Crippen LogP contribution in [-0.2, 0) is 19.1 Å². The topological polar surface area (TPSA) is 111 Å². The number of hydrogen-bond donors (Lipinski definition) is 2. The standard InChI is InChI=1S/C18H26N2O6S/c1-5-9-19-15(21)11(3)25-17(23)13-7-8-14(27-13)18(24)26-12(4)16(22)20-10-6-2/h7-8,11-12H,5-6,9-10H2,1-4H3,(H,19,21)(H,20,22)/t11-,12-/m1/s1. The number of thiophene rings is 1. The van der Waals surface area contributed by atoms with E-state index in [1.807, 2.05) is 13.8 Å². The molecule has 8 nitrogen and oxygen atoms in total. The predicted octanol–water partition coefficient (Wildman–Crippen LogP) is 1.89. The SMILES string of the molecule is CCCNC(=O)[C@@H](C)OC(=O)c1ccc(C(=O)O[C@H](C)C(=O)NCCC)s1. The molecule has 27 heavy (non-hydrogen) atoms. The lowest BCUT2D eigenvalue weighted by Gasteiger charge is -2.12. The Bertz CT molecular complexity index is 618. The molecule has 0 unspecified atom stereocenters. The van der Waals surface area contributed by atoms with Gasteiger partial charge in [0.15, 0.2) is 12.2 Å². The molecule has 0 radical (unpaired) electrons. The fourth-order valence-corrected chi connectivity index (χ4v) is 2.66. The Labute approximate surface area is 162 Å². The molecule has 2 N–H and O–H groups in total. The number of rotatable bonds is 10. The van der Waals surface area contributed by atoms with E-state index in [9.17, 15) is 19.2 Å². The third-order valence-corrected chi connectivity index (χ3v) is 4.46. The minimum atomic E-state index is -0.941. The van der Waals surface area contributed by atoms with Gasteiger partial charge < -0.3 is 20.1 Å². The van der Waals surface area contributed by atoms with E-state index in [0.717, 1.165) is 24.2 Å². The second kappa shape index (κ2) is 11.3. The minimum Gasteiger partial charge on any atom is -0.448 e. The van der Waals surface area contributed by atoms with Gasteiger partial charge in [-0.1, -0.05) is 13.8 Å². The molecule has 0 fully saturated rings. The van der Waals surface area contributed by atoms with E-state index < -0.39 is 24.1 Å². The molecule has 1 aromatic rings. The van der Waals surface area contributed by atoms with Crippen LogP contribution in [0, 0.1) is 0 Å². The van der Waals surface area contributed by atoms with Crippen LogP contribution in [0.1, 0.15) is 59.9 Å². The number of nitrogens with one attached hydrogen (secondary N) is 2. The van der Waals surface area contributed by atoms with E-state index in [1.165, 1.54) is 26.0 Å². The number of amides is 2. The van der Waals surface area contributed by atoms with Gasteiger partial charge in [0.05, 0.1) is 0 Å². The molecule has 0 aliphatic rings. The van der Waals surface area contributed by atoms with Crippen LogP contribution >= 0.6 is 11.3 Å². The highest BCUT2D eigenvalue weighted by Crippen LogP contribution is 2.19. The molecule has 1 rings (SSSR count). The second-order valence-corrected chi connectivity index (χ2v) is 6.92. The molecule has 0 aromatic carbocycles. The van der Waals surface area contributed by atoms with Crippen molar-refractivity contribution in [3.63, 3.8) is 0 Å². The zero-order valence-corrected chi connectivity index (χ0v) is 16.8. The first-order valence-electron chi connectivity index (χ1n) is 8.87. The molecule has 0 saturated carbocycles. The monoisotopic (exact) mass is 398 g/mol. The maximum Gasteiger partial charge on any atom is 0.349 e. The first kappa shape index (κ1) is 22.6. The molecular weight excluding hydrogens is 372 g/mol. The summed E-state index contributed by atoms with van der Waals surface area (Å²) in [5, 5.41) is 5.27. The molecule has 0 aliphatic heterocycles. The van der Waals surface area contributed by atoms with Crippen LogP contribution in [-0.4, -0.2) is 49.1 Å². The van der Waals surface area contributed by atoms with Gasteiger partial charge in [-0.3, -0.25) is 9.59 Å². The quantitative estimate of drug-likeness (QED) is 0.582. The Morgan fingerprint density at radius 2 is 1.22 bits per heavy atom. The first-order valence-corrected chi connectivity index (χ1v) is 9.68. The van der Waals surface area contributed by atoms with Crippen molar-refractivity contribution in [3.8, 4) is 0 Å². The molecule has 2 amide bonds. The van der Waals surface area contributed by atoms with E-state index in [-0.39, 0.29) is 21.6 Å². The molecule has 150 valence electrons. The fourth-order valence-electron chi connectivity index (χ4n) is 1.89. The van der Waals surface area contributed by atoms with Crippen molar-refractivity contribution in [2.24, 2.45) is 0 Å². The summed E-state index contributed by atoms with van der Waals surface area (Å²) in [6.07, 6.45) is -0.331. The van der Waals surface area contributed by atoms with Gasteiger partial charge in [0.2, 0.25) is 0 Å². The van der Waals surface area contributed by atoms with Crippen molar-refractivity contribution in [2.75, 3.05) is 13.1 Å². The number of esters is 2. The highest BCUT2D eigenvalue weighted by Gasteiger charge is 2.23. The Morgan fingerprint density at radius 1 is 0.852 bits per heavy atom. The van der Waals surface area contributed by atoms with Crippen LogP contribution in [0.5, 0.6) is 0 Å². The zero-order chi connectivity index (χ0) is 20.4. The average molecular weight is 398 g/mol. The van der Waals surface area contributed by atoms with Gasteiger partial charge in [-0.05, 0) is 38.8 Å². The van der Waals surface area contributed by atoms with Crippen LogP contribution in [0.4, 0.5) is 0 Å². The van der Waals surface area contributed by atoms with E-state index in [0.29, 0.717) is 13.1 Å². The van der Waals surface area contributed by atoms with Crippen molar-refractivity contribution in [3.05, 3.63) is 21.9 Å². The van der Waals surface area contributed by atoms with Crippen LogP contribution in [0.3, 0.4) is 0 Å². The Hall–Kier alpha value is -2.42.